The van der Waals surface area contributed by atoms with Crippen molar-refractivity contribution in [2.75, 3.05) is 7.11 Å². The number of hydrazone groups is 1. The lowest BCUT2D eigenvalue weighted by atomic mass is 9.94. The van der Waals surface area contributed by atoms with Gasteiger partial charge < -0.3 is 14.6 Å². The average molecular weight is 324 g/mol. The van der Waals surface area contributed by atoms with Crippen molar-refractivity contribution in [3.8, 4) is 17.2 Å². The Kier molecular flexibility index (Phi) is 3.20. The zero-order valence-corrected chi connectivity index (χ0v) is 14.0. The number of rotatable bonds is 2. The maximum Gasteiger partial charge on any atom is 0.192 e. The first-order valence-corrected chi connectivity index (χ1v) is 8.02. The molecule has 0 unspecified atom stereocenters. The van der Waals surface area contributed by atoms with Crippen molar-refractivity contribution in [2.45, 2.75) is 32.0 Å². The van der Waals surface area contributed by atoms with E-state index in [4.69, 9.17) is 14.6 Å². The van der Waals surface area contributed by atoms with E-state index in [1.165, 1.54) is 0 Å². The zero-order chi connectivity index (χ0) is 16.9. The minimum absolute atomic E-state index is 0.0634. The molecule has 0 fully saturated rings. The second kappa shape index (κ2) is 5.16. The molecule has 1 atom stereocenters. The first-order valence-electron chi connectivity index (χ1n) is 8.02. The van der Waals surface area contributed by atoms with Crippen LogP contribution in [-0.4, -0.2) is 28.7 Å². The lowest BCUT2D eigenvalue weighted by Gasteiger charge is -2.43. The number of phenols is 1. The molecule has 124 valence electrons. The average Bonchev–Trinajstić information content (AvgIpc) is 3.01. The number of aromatic hydroxyl groups is 1. The predicted molar refractivity (Wildman–Crippen MR) is 91.5 cm³/mol. The number of hydrogen-bond acceptors (Lipinski definition) is 5. The van der Waals surface area contributed by atoms with E-state index in [1.54, 1.807) is 13.2 Å². The molecule has 5 nitrogen and oxygen atoms in total. The lowest BCUT2D eigenvalue weighted by molar-refractivity contribution is -0.0924. The van der Waals surface area contributed by atoms with Crippen molar-refractivity contribution >= 4 is 5.71 Å². The van der Waals surface area contributed by atoms with Crippen LogP contribution in [-0.2, 0) is 0 Å². The zero-order valence-electron chi connectivity index (χ0n) is 14.0. The minimum atomic E-state index is -0.599. The van der Waals surface area contributed by atoms with Gasteiger partial charge in [0.05, 0.1) is 18.9 Å². The summed E-state index contributed by atoms with van der Waals surface area (Å²) < 4.78 is 11.7. The Balaban J connectivity index is 1.81. The summed E-state index contributed by atoms with van der Waals surface area (Å²) in [6, 6.07) is 13.3. The Morgan fingerprint density at radius 3 is 2.75 bits per heavy atom. The van der Waals surface area contributed by atoms with Gasteiger partial charge in [-0.05, 0) is 32.0 Å². The van der Waals surface area contributed by atoms with E-state index in [0.29, 0.717) is 6.42 Å². The van der Waals surface area contributed by atoms with Crippen LogP contribution in [0, 0.1) is 0 Å². The van der Waals surface area contributed by atoms with E-state index in [1.807, 2.05) is 55.3 Å². The molecule has 0 aliphatic carbocycles. The van der Waals surface area contributed by atoms with Gasteiger partial charge in [-0.25, -0.2) is 5.01 Å². The molecule has 0 spiro atoms. The van der Waals surface area contributed by atoms with Crippen molar-refractivity contribution in [1.29, 1.82) is 0 Å². The van der Waals surface area contributed by atoms with Crippen molar-refractivity contribution < 1.29 is 14.6 Å². The summed E-state index contributed by atoms with van der Waals surface area (Å²) in [5.41, 5.74) is 2.10. The van der Waals surface area contributed by atoms with Crippen LogP contribution < -0.4 is 9.47 Å². The van der Waals surface area contributed by atoms with Crippen LogP contribution in [0.15, 0.2) is 47.6 Å². The topological polar surface area (TPSA) is 54.3 Å². The number of methoxy groups -OCH3 is 1. The molecule has 0 aromatic heterocycles. The van der Waals surface area contributed by atoms with Gasteiger partial charge in [0.15, 0.2) is 17.2 Å². The smallest absolute Gasteiger partial charge is 0.192 e. The van der Waals surface area contributed by atoms with Crippen LogP contribution in [0.25, 0.3) is 0 Å². The number of phenolic OH excluding ortho intramolecular Hbond substituents is 1. The largest absolute Gasteiger partial charge is 0.507 e. The number of nitrogens with zero attached hydrogens (tertiary/aromatic N) is 2. The third kappa shape index (κ3) is 2.12. The van der Waals surface area contributed by atoms with E-state index in [0.717, 1.165) is 28.3 Å². The third-order valence-corrected chi connectivity index (χ3v) is 4.62. The minimum Gasteiger partial charge on any atom is -0.507 e. The van der Waals surface area contributed by atoms with E-state index in [2.05, 4.69) is 0 Å². The summed E-state index contributed by atoms with van der Waals surface area (Å²) in [6.45, 7) is 3.99. The Bertz CT molecular complexity index is 829. The number of hydrogen-bond donors (Lipinski definition) is 1. The molecule has 5 heteroatoms. The molecule has 2 aromatic rings. The van der Waals surface area contributed by atoms with Gasteiger partial charge in [-0.15, -0.1) is 0 Å². The second-order valence-electron chi connectivity index (χ2n) is 6.56. The summed E-state index contributed by atoms with van der Waals surface area (Å²) in [7, 11) is 1.65. The van der Waals surface area contributed by atoms with E-state index < -0.39 is 5.72 Å². The highest BCUT2D eigenvalue weighted by atomic mass is 16.5. The summed E-state index contributed by atoms with van der Waals surface area (Å²) >= 11 is 0. The molecule has 1 N–H and O–H groups in total. The maximum absolute atomic E-state index is 10.2. The Hall–Kier alpha value is -2.69. The van der Waals surface area contributed by atoms with Gasteiger partial charge in [-0.2, -0.15) is 5.10 Å². The fourth-order valence-electron chi connectivity index (χ4n) is 3.49. The second-order valence-corrected chi connectivity index (χ2v) is 6.56. The predicted octanol–water partition coefficient (Wildman–Crippen LogP) is 3.68. The number of benzene rings is 2. The molecule has 4 rings (SSSR count). The summed E-state index contributed by atoms with van der Waals surface area (Å²) in [5.74, 6) is 1.76. The SMILES string of the molecule is COc1cccc2c1OC(C)(C)N1N=C(c3ccccc3O)C[C@H]21. The number of ether oxygens (including phenoxy) is 2. The normalized spacial score (nSPS) is 20.7. The van der Waals surface area contributed by atoms with Crippen molar-refractivity contribution in [3.63, 3.8) is 0 Å². The van der Waals surface area contributed by atoms with Crippen molar-refractivity contribution in [2.24, 2.45) is 5.10 Å². The van der Waals surface area contributed by atoms with E-state index in [9.17, 15) is 5.11 Å². The summed E-state index contributed by atoms with van der Waals surface area (Å²) in [5, 5.41) is 16.9. The standard InChI is InChI=1S/C19H20N2O3/c1-19(2)21-15(13-8-6-10-17(23-3)18(13)24-19)11-14(20-21)12-7-4-5-9-16(12)22/h4-10,15,22H,11H2,1-3H3/t15-/m1/s1. The highest BCUT2D eigenvalue weighted by Crippen LogP contribution is 2.50. The van der Waals surface area contributed by atoms with Crippen molar-refractivity contribution in [1.82, 2.24) is 5.01 Å². The Morgan fingerprint density at radius 1 is 1.21 bits per heavy atom. The summed E-state index contributed by atoms with van der Waals surface area (Å²) in [4.78, 5) is 0. The van der Waals surface area contributed by atoms with E-state index in [-0.39, 0.29) is 11.8 Å². The number of para-hydroxylation sites is 2. The highest BCUT2D eigenvalue weighted by molar-refractivity contribution is 6.04. The van der Waals surface area contributed by atoms with Gasteiger partial charge in [-0.1, -0.05) is 24.3 Å². The first-order chi connectivity index (χ1) is 11.5. The molecule has 2 aliphatic rings. The van der Waals surface area contributed by atoms with Crippen molar-refractivity contribution in [3.05, 3.63) is 53.6 Å². The first kappa shape index (κ1) is 14.9. The molecular weight excluding hydrogens is 304 g/mol. The number of fused-ring (bicyclic) bond motifs is 3. The Labute approximate surface area is 141 Å². The lowest BCUT2D eigenvalue weighted by Crippen LogP contribution is -2.48. The molecular formula is C19H20N2O3. The van der Waals surface area contributed by atoms with Crippen LogP contribution in [0.3, 0.4) is 0 Å². The summed E-state index contributed by atoms with van der Waals surface area (Å²) in [6.07, 6.45) is 0.713. The molecule has 0 saturated carbocycles. The van der Waals surface area contributed by atoms with Gasteiger partial charge in [0.25, 0.3) is 0 Å². The van der Waals surface area contributed by atoms with Crippen LogP contribution in [0.2, 0.25) is 0 Å². The molecule has 2 aromatic carbocycles. The monoisotopic (exact) mass is 324 g/mol. The Morgan fingerprint density at radius 2 is 2.00 bits per heavy atom. The van der Waals surface area contributed by atoms with Gasteiger partial charge >= 0.3 is 0 Å². The highest BCUT2D eigenvalue weighted by Gasteiger charge is 2.46. The molecule has 0 amide bonds. The van der Waals surface area contributed by atoms with Gasteiger partial charge in [0, 0.05) is 17.5 Å². The van der Waals surface area contributed by atoms with Gasteiger partial charge in [0.2, 0.25) is 0 Å². The van der Waals surface area contributed by atoms with Gasteiger partial charge in [0.1, 0.15) is 5.75 Å². The van der Waals surface area contributed by atoms with Crippen LogP contribution in [0.1, 0.15) is 37.4 Å². The molecule has 2 heterocycles. The van der Waals surface area contributed by atoms with Crippen LogP contribution in [0.5, 0.6) is 17.2 Å². The molecule has 0 saturated heterocycles. The quantitative estimate of drug-likeness (QED) is 0.915. The molecule has 0 bridgehead atoms. The molecule has 0 radical (unpaired) electrons. The molecule has 2 aliphatic heterocycles. The molecule has 24 heavy (non-hydrogen) atoms. The maximum atomic E-state index is 10.2. The van der Waals surface area contributed by atoms with Gasteiger partial charge in [-0.3, -0.25) is 0 Å². The van der Waals surface area contributed by atoms with Crippen LogP contribution >= 0.6 is 0 Å². The van der Waals surface area contributed by atoms with E-state index >= 15 is 0 Å². The fourth-order valence-corrected chi connectivity index (χ4v) is 3.49. The third-order valence-electron chi connectivity index (χ3n) is 4.62. The fraction of sp³-hybridized carbons (Fsp3) is 0.316. The van der Waals surface area contributed by atoms with Crippen LogP contribution in [0.4, 0.5) is 0 Å².